The zero-order valence-electron chi connectivity index (χ0n) is 11.2. The number of amides is 1. The first-order chi connectivity index (χ1) is 10.0. The van der Waals surface area contributed by atoms with E-state index >= 15 is 0 Å². The van der Waals surface area contributed by atoms with Gasteiger partial charge in [0.2, 0.25) is 0 Å². The standard InChI is InChI=1S/C11H12FN5O3S/c1-16-11(19)17(15-14-16)9-5-3-4-8(12)7(9)6-20-13-10(18)21-2/h3-5H,6H2,1-2H3,(H,13,18). The van der Waals surface area contributed by atoms with Crippen LogP contribution >= 0.6 is 11.8 Å². The largest absolute Gasteiger partial charge is 0.368 e. The number of hydroxylamine groups is 1. The number of carbonyl (C=O) groups is 1. The van der Waals surface area contributed by atoms with E-state index in [-0.39, 0.29) is 17.9 Å². The van der Waals surface area contributed by atoms with E-state index in [0.29, 0.717) is 0 Å². The molecule has 0 saturated carbocycles. The second-order valence-corrected chi connectivity index (χ2v) is 4.70. The van der Waals surface area contributed by atoms with Crippen LogP contribution in [-0.4, -0.2) is 31.3 Å². The van der Waals surface area contributed by atoms with Gasteiger partial charge in [0.25, 0.3) is 0 Å². The maximum atomic E-state index is 13.9. The van der Waals surface area contributed by atoms with Gasteiger partial charge in [0.15, 0.2) is 0 Å². The second kappa shape index (κ2) is 6.50. The molecule has 0 aliphatic carbocycles. The number of thioether (sulfide) groups is 1. The van der Waals surface area contributed by atoms with Crippen molar-refractivity contribution >= 4 is 17.0 Å². The Labute approximate surface area is 122 Å². The number of tetrazole rings is 1. The molecule has 2 aromatic rings. The van der Waals surface area contributed by atoms with Crippen molar-refractivity contribution in [2.24, 2.45) is 7.05 Å². The van der Waals surface area contributed by atoms with Crippen molar-refractivity contribution in [3.05, 3.63) is 40.1 Å². The molecule has 0 radical (unpaired) electrons. The monoisotopic (exact) mass is 313 g/mol. The van der Waals surface area contributed by atoms with Crippen molar-refractivity contribution in [1.29, 1.82) is 0 Å². The molecule has 10 heteroatoms. The van der Waals surface area contributed by atoms with Gasteiger partial charge in [-0.3, -0.25) is 9.63 Å². The van der Waals surface area contributed by atoms with Crippen LogP contribution in [0.5, 0.6) is 0 Å². The lowest BCUT2D eigenvalue weighted by atomic mass is 10.2. The Morgan fingerprint density at radius 1 is 1.48 bits per heavy atom. The van der Waals surface area contributed by atoms with Crippen LogP contribution in [0.4, 0.5) is 9.18 Å². The van der Waals surface area contributed by atoms with Crippen molar-refractivity contribution in [1.82, 2.24) is 25.3 Å². The van der Waals surface area contributed by atoms with Crippen LogP contribution in [-0.2, 0) is 18.5 Å². The number of rotatable bonds is 4. The lowest BCUT2D eigenvalue weighted by Crippen LogP contribution is -2.24. The molecule has 0 saturated heterocycles. The number of carbonyl (C=O) groups excluding carboxylic acids is 1. The van der Waals surface area contributed by atoms with Crippen LogP contribution in [0.15, 0.2) is 23.0 Å². The fourth-order valence-corrected chi connectivity index (χ4v) is 1.70. The van der Waals surface area contributed by atoms with Crippen molar-refractivity contribution in [2.45, 2.75) is 6.61 Å². The highest BCUT2D eigenvalue weighted by atomic mass is 32.2. The summed E-state index contributed by atoms with van der Waals surface area (Å²) in [5.41, 5.74) is 1.90. The molecule has 0 aliphatic rings. The molecule has 2 rings (SSSR count). The Morgan fingerprint density at radius 2 is 2.24 bits per heavy atom. The Bertz CT molecular complexity index is 714. The Morgan fingerprint density at radius 3 is 2.86 bits per heavy atom. The molecule has 0 spiro atoms. The maximum absolute atomic E-state index is 13.9. The average Bonchev–Trinajstić information content (AvgIpc) is 2.80. The first kappa shape index (κ1) is 15.2. The maximum Gasteiger partial charge on any atom is 0.368 e. The summed E-state index contributed by atoms with van der Waals surface area (Å²) in [6.45, 7) is -0.253. The van der Waals surface area contributed by atoms with Crippen LogP contribution < -0.4 is 11.2 Å². The molecule has 0 bridgehead atoms. The van der Waals surface area contributed by atoms with E-state index < -0.39 is 16.7 Å². The number of aromatic nitrogens is 4. The zero-order chi connectivity index (χ0) is 15.4. The highest BCUT2D eigenvalue weighted by molar-refractivity contribution is 8.12. The third-order valence-electron chi connectivity index (χ3n) is 2.60. The predicted octanol–water partition coefficient (Wildman–Crippen LogP) is 0.609. The van der Waals surface area contributed by atoms with E-state index in [4.69, 9.17) is 4.84 Å². The highest BCUT2D eigenvalue weighted by Crippen LogP contribution is 2.16. The Hall–Kier alpha value is -2.20. The minimum atomic E-state index is -0.580. The zero-order valence-corrected chi connectivity index (χ0v) is 12.1. The topological polar surface area (TPSA) is 91.0 Å². The third kappa shape index (κ3) is 3.28. The Kier molecular flexibility index (Phi) is 4.70. The van der Waals surface area contributed by atoms with Crippen LogP contribution in [0.1, 0.15) is 5.56 Å². The van der Waals surface area contributed by atoms with E-state index in [1.165, 1.54) is 25.2 Å². The number of halogens is 1. The fourth-order valence-electron chi connectivity index (χ4n) is 1.56. The summed E-state index contributed by atoms with van der Waals surface area (Å²) in [7, 11) is 1.43. The number of aryl methyl sites for hydroxylation is 1. The first-order valence-electron chi connectivity index (χ1n) is 5.77. The summed E-state index contributed by atoms with van der Waals surface area (Å²) in [6.07, 6.45) is 1.58. The molecule has 0 atom stereocenters. The first-order valence-corrected chi connectivity index (χ1v) is 6.99. The molecule has 1 heterocycles. The van der Waals surface area contributed by atoms with E-state index in [9.17, 15) is 14.0 Å². The smallest absolute Gasteiger partial charge is 0.268 e. The van der Waals surface area contributed by atoms with Crippen molar-refractivity contribution in [2.75, 3.05) is 6.26 Å². The van der Waals surface area contributed by atoms with Gasteiger partial charge in [0, 0.05) is 12.6 Å². The number of nitrogens with zero attached hydrogens (tertiary/aromatic N) is 4. The van der Waals surface area contributed by atoms with Crippen LogP contribution in [0.2, 0.25) is 0 Å². The predicted molar refractivity (Wildman–Crippen MR) is 73.4 cm³/mol. The van der Waals surface area contributed by atoms with E-state index in [1.807, 2.05) is 0 Å². The average molecular weight is 313 g/mol. The van der Waals surface area contributed by atoms with Gasteiger partial charge in [-0.25, -0.2) is 14.7 Å². The summed E-state index contributed by atoms with van der Waals surface area (Å²) >= 11 is 0.921. The van der Waals surface area contributed by atoms with Crippen LogP contribution in [0.3, 0.4) is 0 Å². The summed E-state index contributed by atoms with van der Waals surface area (Å²) in [6, 6.07) is 4.17. The van der Waals surface area contributed by atoms with Gasteiger partial charge >= 0.3 is 10.9 Å². The molecule has 1 aromatic carbocycles. The van der Waals surface area contributed by atoms with Gasteiger partial charge < -0.3 is 0 Å². The van der Waals surface area contributed by atoms with Crippen molar-refractivity contribution in [3.63, 3.8) is 0 Å². The van der Waals surface area contributed by atoms with Gasteiger partial charge in [-0.2, -0.15) is 9.36 Å². The molecule has 0 fully saturated rings. The minimum absolute atomic E-state index is 0.0847. The molecule has 8 nitrogen and oxygen atoms in total. The van der Waals surface area contributed by atoms with Gasteiger partial charge in [0.05, 0.1) is 5.69 Å². The summed E-state index contributed by atoms with van der Waals surface area (Å²) < 4.78 is 15.9. The van der Waals surface area contributed by atoms with E-state index in [1.54, 1.807) is 6.26 Å². The van der Waals surface area contributed by atoms with Crippen LogP contribution in [0, 0.1) is 5.82 Å². The Balaban J connectivity index is 2.30. The van der Waals surface area contributed by atoms with E-state index in [2.05, 4.69) is 15.9 Å². The summed E-state index contributed by atoms with van der Waals surface area (Å²) in [5, 5.41) is 6.80. The highest BCUT2D eigenvalue weighted by Gasteiger charge is 2.15. The lowest BCUT2D eigenvalue weighted by Gasteiger charge is -2.09. The minimum Gasteiger partial charge on any atom is -0.268 e. The molecule has 21 heavy (non-hydrogen) atoms. The number of hydrogen-bond donors (Lipinski definition) is 1. The fraction of sp³-hybridized carbons (Fsp3) is 0.273. The van der Waals surface area contributed by atoms with Crippen molar-refractivity contribution in [3.8, 4) is 5.69 Å². The molecule has 1 amide bonds. The quantitative estimate of drug-likeness (QED) is 0.832. The van der Waals surface area contributed by atoms with Gasteiger partial charge in [-0.15, -0.1) is 0 Å². The second-order valence-electron chi connectivity index (χ2n) is 3.92. The molecule has 0 unspecified atom stereocenters. The third-order valence-corrected chi connectivity index (χ3v) is 3.06. The summed E-state index contributed by atoms with van der Waals surface area (Å²) in [5.74, 6) is -0.580. The SMILES string of the molecule is CSC(=O)NOCc1c(F)cccc1-n1nnn(C)c1=O. The van der Waals surface area contributed by atoms with Crippen molar-refractivity contribution < 1.29 is 14.0 Å². The van der Waals surface area contributed by atoms with Gasteiger partial charge in [-0.1, -0.05) is 17.8 Å². The normalized spacial score (nSPS) is 10.6. The molecule has 112 valence electrons. The summed E-state index contributed by atoms with van der Waals surface area (Å²) in [4.78, 5) is 27.8. The van der Waals surface area contributed by atoms with Gasteiger partial charge in [-0.05, 0) is 28.8 Å². The molecule has 0 aliphatic heterocycles. The molecular formula is C11H12FN5O3S. The van der Waals surface area contributed by atoms with E-state index in [0.717, 1.165) is 21.1 Å². The molecule has 1 N–H and O–H groups in total. The molecule has 1 aromatic heterocycles. The molecular weight excluding hydrogens is 301 g/mol. The lowest BCUT2D eigenvalue weighted by molar-refractivity contribution is 0.0558. The number of hydrogen-bond acceptors (Lipinski definition) is 6. The van der Waals surface area contributed by atoms with Gasteiger partial charge in [0.1, 0.15) is 12.4 Å². The number of benzene rings is 1. The van der Waals surface area contributed by atoms with Crippen LogP contribution in [0.25, 0.3) is 5.69 Å². The number of nitrogens with one attached hydrogen (secondary N) is 1.